The Balaban J connectivity index is 3.50. The van der Waals surface area contributed by atoms with Gasteiger partial charge in [-0.3, -0.25) is 0 Å². The smallest absolute Gasteiger partial charge is 0.416 e. The molecule has 0 aliphatic carbocycles. The maximum absolute atomic E-state index is 13.1. The molecule has 1 aromatic carbocycles. The van der Waals surface area contributed by atoms with E-state index in [-0.39, 0.29) is 4.47 Å². The van der Waals surface area contributed by atoms with Gasteiger partial charge in [-0.25, -0.2) is 4.79 Å². The Labute approximate surface area is 100 Å². The standard InChI is InChI=1S/C9H4BrF5O2/c10-4-1-2-5(8(11,12)7(16)17)6(3-4)9(13,14)15/h1-3H,(H,16,17). The van der Waals surface area contributed by atoms with E-state index in [0.717, 1.165) is 6.07 Å². The van der Waals surface area contributed by atoms with Crippen LogP contribution in [0.5, 0.6) is 0 Å². The van der Waals surface area contributed by atoms with E-state index >= 15 is 0 Å². The number of alkyl halides is 5. The first kappa shape index (κ1) is 13.9. The molecule has 1 rings (SSSR count). The van der Waals surface area contributed by atoms with Crippen molar-refractivity contribution in [2.24, 2.45) is 0 Å². The highest BCUT2D eigenvalue weighted by molar-refractivity contribution is 9.10. The zero-order valence-electron chi connectivity index (χ0n) is 7.86. The van der Waals surface area contributed by atoms with Gasteiger partial charge < -0.3 is 5.11 Å². The quantitative estimate of drug-likeness (QED) is 0.845. The summed E-state index contributed by atoms with van der Waals surface area (Å²) in [6.45, 7) is 0. The number of benzene rings is 1. The average molecular weight is 319 g/mol. The Hall–Kier alpha value is -1.18. The molecule has 0 heterocycles. The van der Waals surface area contributed by atoms with Crippen LogP contribution in [0, 0.1) is 0 Å². The Morgan fingerprint density at radius 2 is 1.65 bits per heavy atom. The summed E-state index contributed by atoms with van der Waals surface area (Å²) in [5.41, 5.74) is -3.26. The number of carboxylic acids is 1. The van der Waals surface area contributed by atoms with Gasteiger partial charge >= 0.3 is 18.1 Å². The molecule has 0 atom stereocenters. The molecule has 0 saturated heterocycles. The molecule has 0 aliphatic heterocycles. The number of carboxylic acid groups (broad SMARTS) is 1. The van der Waals surface area contributed by atoms with Crippen molar-refractivity contribution in [2.75, 3.05) is 0 Å². The molecule has 0 radical (unpaired) electrons. The van der Waals surface area contributed by atoms with Crippen LogP contribution < -0.4 is 0 Å². The molecule has 0 fully saturated rings. The van der Waals surface area contributed by atoms with Crippen LogP contribution in [0.1, 0.15) is 11.1 Å². The van der Waals surface area contributed by atoms with Gasteiger partial charge in [0.1, 0.15) is 0 Å². The summed E-state index contributed by atoms with van der Waals surface area (Å²) < 4.78 is 63.5. The zero-order chi connectivity index (χ0) is 13.4. The minimum atomic E-state index is -5.06. The van der Waals surface area contributed by atoms with E-state index < -0.39 is 29.2 Å². The van der Waals surface area contributed by atoms with Gasteiger partial charge in [-0.05, 0) is 12.1 Å². The molecule has 0 unspecified atom stereocenters. The first-order valence-electron chi connectivity index (χ1n) is 4.05. The highest BCUT2D eigenvalue weighted by atomic mass is 79.9. The normalized spacial score (nSPS) is 12.6. The lowest BCUT2D eigenvalue weighted by Crippen LogP contribution is -2.28. The van der Waals surface area contributed by atoms with Crippen LogP contribution in [0.2, 0.25) is 0 Å². The number of hydrogen-bond acceptors (Lipinski definition) is 1. The van der Waals surface area contributed by atoms with Gasteiger partial charge in [-0.2, -0.15) is 22.0 Å². The molecule has 94 valence electrons. The van der Waals surface area contributed by atoms with Crippen LogP contribution in [-0.2, 0) is 16.9 Å². The van der Waals surface area contributed by atoms with Crippen molar-refractivity contribution in [3.63, 3.8) is 0 Å². The fourth-order valence-electron chi connectivity index (χ4n) is 1.14. The number of rotatable bonds is 2. The van der Waals surface area contributed by atoms with Gasteiger partial charge in [0.05, 0.1) is 5.56 Å². The van der Waals surface area contributed by atoms with Crippen LogP contribution >= 0.6 is 15.9 Å². The summed E-state index contributed by atoms with van der Waals surface area (Å²) in [7, 11) is 0. The number of aliphatic carboxylic acids is 1. The molecule has 2 nitrogen and oxygen atoms in total. The van der Waals surface area contributed by atoms with E-state index in [2.05, 4.69) is 15.9 Å². The van der Waals surface area contributed by atoms with Crippen molar-refractivity contribution in [1.82, 2.24) is 0 Å². The third-order valence-electron chi connectivity index (χ3n) is 1.89. The lowest BCUT2D eigenvalue weighted by Gasteiger charge is -2.18. The molecular formula is C9H4BrF5O2. The molecule has 17 heavy (non-hydrogen) atoms. The second-order valence-electron chi connectivity index (χ2n) is 3.07. The van der Waals surface area contributed by atoms with Crippen molar-refractivity contribution >= 4 is 21.9 Å². The Kier molecular flexibility index (Phi) is 3.47. The predicted molar refractivity (Wildman–Crippen MR) is 50.7 cm³/mol. The van der Waals surface area contributed by atoms with Gasteiger partial charge in [-0.15, -0.1) is 0 Å². The predicted octanol–water partition coefficient (Wildman–Crippen LogP) is 3.64. The molecule has 8 heteroatoms. The Bertz CT molecular complexity index is 455. The van der Waals surface area contributed by atoms with Crippen molar-refractivity contribution in [1.29, 1.82) is 0 Å². The van der Waals surface area contributed by atoms with Crippen molar-refractivity contribution in [2.45, 2.75) is 12.1 Å². The second kappa shape index (κ2) is 4.25. The topological polar surface area (TPSA) is 37.3 Å². The zero-order valence-corrected chi connectivity index (χ0v) is 9.44. The van der Waals surface area contributed by atoms with Gasteiger partial charge in [-0.1, -0.05) is 22.0 Å². The van der Waals surface area contributed by atoms with Gasteiger partial charge in [0, 0.05) is 10.0 Å². The molecule has 1 N–H and O–H groups in total. The summed E-state index contributed by atoms with van der Waals surface area (Å²) in [6, 6.07) is 1.76. The lowest BCUT2D eigenvalue weighted by molar-refractivity contribution is -0.169. The minimum Gasteiger partial charge on any atom is -0.477 e. The van der Waals surface area contributed by atoms with Crippen molar-refractivity contribution < 1.29 is 31.9 Å². The fourth-order valence-corrected chi connectivity index (χ4v) is 1.50. The molecule has 0 aliphatic rings. The average Bonchev–Trinajstić information content (AvgIpc) is 2.15. The minimum absolute atomic E-state index is 0.0743. The van der Waals surface area contributed by atoms with Crippen LogP contribution in [-0.4, -0.2) is 11.1 Å². The Morgan fingerprint density at radius 3 is 2.06 bits per heavy atom. The molecule has 0 spiro atoms. The van der Waals surface area contributed by atoms with Crippen LogP contribution in [0.4, 0.5) is 22.0 Å². The van der Waals surface area contributed by atoms with Crippen LogP contribution in [0.25, 0.3) is 0 Å². The van der Waals surface area contributed by atoms with Crippen molar-refractivity contribution in [3.8, 4) is 0 Å². The molecular weight excluding hydrogens is 315 g/mol. The largest absolute Gasteiger partial charge is 0.477 e. The van der Waals surface area contributed by atoms with Gasteiger partial charge in [0.15, 0.2) is 0 Å². The van der Waals surface area contributed by atoms with Gasteiger partial charge in [0.2, 0.25) is 0 Å². The summed E-state index contributed by atoms with van der Waals surface area (Å²) in [4.78, 5) is 10.3. The number of halogens is 6. The van der Waals surface area contributed by atoms with E-state index in [0.29, 0.717) is 12.1 Å². The SMILES string of the molecule is O=C(O)C(F)(F)c1ccc(Br)cc1C(F)(F)F. The van der Waals surface area contributed by atoms with E-state index in [1.165, 1.54) is 0 Å². The highest BCUT2D eigenvalue weighted by Gasteiger charge is 2.48. The number of carbonyl (C=O) groups is 1. The monoisotopic (exact) mass is 318 g/mol. The third-order valence-corrected chi connectivity index (χ3v) is 2.39. The van der Waals surface area contributed by atoms with Gasteiger partial charge in [0.25, 0.3) is 0 Å². The highest BCUT2D eigenvalue weighted by Crippen LogP contribution is 2.40. The summed E-state index contributed by atoms with van der Waals surface area (Å²) >= 11 is 2.70. The maximum Gasteiger partial charge on any atom is 0.416 e. The molecule has 0 saturated carbocycles. The fraction of sp³-hybridized carbons (Fsp3) is 0.222. The van der Waals surface area contributed by atoms with Crippen molar-refractivity contribution in [3.05, 3.63) is 33.8 Å². The first-order valence-corrected chi connectivity index (χ1v) is 4.84. The summed E-state index contributed by atoms with van der Waals surface area (Å²) in [5, 5.41) is 8.23. The summed E-state index contributed by atoms with van der Waals surface area (Å²) in [6.07, 6.45) is -5.06. The lowest BCUT2D eigenvalue weighted by atomic mass is 10.0. The molecule has 0 aromatic heterocycles. The summed E-state index contributed by atoms with van der Waals surface area (Å²) in [5.74, 6) is -7.23. The van der Waals surface area contributed by atoms with E-state index in [1.54, 1.807) is 0 Å². The first-order chi connectivity index (χ1) is 7.56. The Morgan fingerprint density at radius 1 is 1.12 bits per heavy atom. The third kappa shape index (κ3) is 2.74. The maximum atomic E-state index is 13.1. The molecule has 0 bridgehead atoms. The van der Waals surface area contributed by atoms with E-state index in [4.69, 9.17) is 5.11 Å². The second-order valence-corrected chi connectivity index (χ2v) is 3.98. The van der Waals surface area contributed by atoms with E-state index in [9.17, 15) is 26.7 Å². The number of hydrogen-bond donors (Lipinski definition) is 1. The van der Waals surface area contributed by atoms with Crippen LogP contribution in [0.15, 0.2) is 22.7 Å². The van der Waals surface area contributed by atoms with E-state index in [1.807, 2.05) is 0 Å². The molecule has 1 aromatic rings. The van der Waals surface area contributed by atoms with Crippen LogP contribution in [0.3, 0.4) is 0 Å². The molecule has 0 amide bonds.